The van der Waals surface area contributed by atoms with Crippen molar-refractivity contribution < 1.29 is 16.8 Å². The van der Waals surface area contributed by atoms with Crippen LogP contribution in [0, 0.1) is 27.7 Å². The molecule has 124 valence electrons. The van der Waals surface area contributed by atoms with Crippen molar-refractivity contribution in [1.82, 2.24) is 4.72 Å². The molecule has 2 rings (SSSR count). The van der Waals surface area contributed by atoms with Crippen molar-refractivity contribution >= 4 is 19.9 Å². The second-order valence-corrected chi connectivity index (χ2v) is 10.4. The maximum Gasteiger partial charge on any atom is 0.241 e. The topological polar surface area (TPSA) is 80.3 Å². The maximum atomic E-state index is 12.8. The molecule has 1 aliphatic rings. The Hall–Kier alpha value is -0.920. The zero-order valence-corrected chi connectivity index (χ0v) is 15.3. The third kappa shape index (κ3) is 3.21. The van der Waals surface area contributed by atoms with Crippen molar-refractivity contribution in [3.05, 3.63) is 28.3 Å². The first-order valence-electron chi connectivity index (χ1n) is 7.19. The summed E-state index contributed by atoms with van der Waals surface area (Å²) in [5.74, 6) is -0.126. The van der Waals surface area contributed by atoms with Crippen molar-refractivity contribution in [2.75, 3.05) is 11.5 Å². The van der Waals surface area contributed by atoms with E-state index in [9.17, 15) is 16.8 Å². The second kappa shape index (κ2) is 5.32. The fourth-order valence-electron chi connectivity index (χ4n) is 3.05. The number of hydrogen-bond acceptors (Lipinski definition) is 4. The Kier molecular flexibility index (Phi) is 4.21. The molecular formula is C15H23NO4S2. The fourth-order valence-corrected chi connectivity index (χ4v) is 7.29. The van der Waals surface area contributed by atoms with Gasteiger partial charge in [0.2, 0.25) is 10.0 Å². The van der Waals surface area contributed by atoms with E-state index in [1.54, 1.807) is 20.8 Å². The third-order valence-electron chi connectivity index (χ3n) is 4.45. The van der Waals surface area contributed by atoms with Gasteiger partial charge in [-0.05, 0) is 63.3 Å². The third-order valence-corrected chi connectivity index (χ3v) is 8.26. The fraction of sp³-hybridized carbons (Fsp3) is 0.600. The summed E-state index contributed by atoms with van der Waals surface area (Å²) in [6.45, 7) is 8.97. The van der Waals surface area contributed by atoms with Crippen LogP contribution in [0.4, 0.5) is 0 Å². The van der Waals surface area contributed by atoms with Crippen LogP contribution in [0.2, 0.25) is 0 Å². The summed E-state index contributed by atoms with van der Waals surface area (Å²) in [6, 6.07) is 1.96. The van der Waals surface area contributed by atoms with Gasteiger partial charge in [0, 0.05) is 5.54 Å². The van der Waals surface area contributed by atoms with Gasteiger partial charge in [-0.2, -0.15) is 0 Å². The number of rotatable bonds is 3. The van der Waals surface area contributed by atoms with Crippen LogP contribution in [-0.2, 0) is 19.9 Å². The van der Waals surface area contributed by atoms with Gasteiger partial charge in [0.1, 0.15) is 0 Å². The molecule has 22 heavy (non-hydrogen) atoms. The van der Waals surface area contributed by atoms with E-state index in [2.05, 4.69) is 4.72 Å². The Morgan fingerprint density at radius 2 is 1.59 bits per heavy atom. The average molecular weight is 345 g/mol. The van der Waals surface area contributed by atoms with E-state index in [-0.39, 0.29) is 16.4 Å². The van der Waals surface area contributed by atoms with Crippen molar-refractivity contribution in [2.24, 2.45) is 0 Å². The minimum Gasteiger partial charge on any atom is -0.229 e. The van der Waals surface area contributed by atoms with E-state index in [1.165, 1.54) is 0 Å². The Labute approximate surface area is 133 Å². The standard InChI is InChI=1S/C15H23NO4S2/c1-10-8-11(2)13(4)14(12(10)3)22(19,20)16-15(5)6-7-21(17,18)9-15/h8,16H,6-7,9H2,1-5H3/t15-/m1/s1. The van der Waals surface area contributed by atoms with E-state index in [0.29, 0.717) is 17.5 Å². The zero-order valence-electron chi connectivity index (χ0n) is 13.6. The number of aryl methyl sites for hydroxylation is 2. The summed E-state index contributed by atoms with van der Waals surface area (Å²) in [7, 11) is -6.95. The quantitative estimate of drug-likeness (QED) is 0.905. The number of sulfonamides is 1. The van der Waals surface area contributed by atoms with Crippen molar-refractivity contribution in [3.63, 3.8) is 0 Å². The Morgan fingerprint density at radius 3 is 2.00 bits per heavy atom. The highest BCUT2D eigenvalue weighted by atomic mass is 32.2. The zero-order chi connectivity index (χ0) is 16.9. The first kappa shape index (κ1) is 17.4. The maximum absolute atomic E-state index is 12.8. The summed E-state index contributed by atoms with van der Waals surface area (Å²) in [4.78, 5) is 0.274. The summed E-state index contributed by atoms with van der Waals surface area (Å²) >= 11 is 0. The highest BCUT2D eigenvalue weighted by Crippen LogP contribution is 2.30. The molecular weight excluding hydrogens is 322 g/mol. The molecule has 5 nitrogen and oxygen atoms in total. The molecule has 1 atom stereocenters. The van der Waals surface area contributed by atoms with Crippen LogP contribution in [0.25, 0.3) is 0 Å². The lowest BCUT2D eigenvalue weighted by Gasteiger charge is -2.25. The van der Waals surface area contributed by atoms with Gasteiger partial charge in [-0.15, -0.1) is 0 Å². The minimum atomic E-state index is -3.77. The van der Waals surface area contributed by atoms with Gasteiger partial charge in [0.05, 0.1) is 16.4 Å². The van der Waals surface area contributed by atoms with Gasteiger partial charge in [0.25, 0.3) is 0 Å². The molecule has 0 unspecified atom stereocenters. The summed E-state index contributed by atoms with van der Waals surface area (Å²) in [6.07, 6.45) is 0.303. The van der Waals surface area contributed by atoms with E-state index in [1.807, 2.05) is 19.9 Å². The molecule has 1 aliphatic heterocycles. The van der Waals surface area contributed by atoms with E-state index < -0.39 is 25.4 Å². The Balaban J connectivity index is 2.49. The molecule has 7 heteroatoms. The van der Waals surface area contributed by atoms with Crippen LogP contribution in [0.3, 0.4) is 0 Å². The molecule has 0 radical (unpaired) electrons. The molecule has 0 saturated carbocycles. The lowest BCUT2D eigenvalue weighted by Crippen LogP contribution is -2.47. The van der Waals surface area contributed by atoms with Gasteiger partial charge in [0.15, 0.2) is 9.84 Å². The van der Waals surface area contributed by atoms with Crippen LogP contribution < -0.4 is 4.72 Å². The number of hydrogen-bond donors (Lipinski definition) is 1. The molecule has 0 spiro atoms. The molecule has 0 bridgehead atoms. The van der Waals surface area contributed by atoms with Crippen LogP contribution in [-0.4, -0.2) is 33.9 Å². The van der Waals surface area contributed by atoms with E-state index in [4.69, 9.17) is 0 Å². The monoisotopic (exact) mass is 345 g/mol. The average Bonchev–Trinajstić information content (AvgIpc) is 2.59. The predicted molar refractivity (Wildman–Crippen MR) is 87.4 cm³/mol. The SMILES string of the molecule is Cc1cc(C)c(C)c(S(=O)(=O)N[C@]2(C)CCS(=O)(=O)C2)c1C. The first-order valence-corrected chi connectivity index (χ1v) is 10.5. The summed E-state index contributed by atoms with van der Waals surface area (Å²) in [5, 5.41) is 0. The largest absolute Gasteiger partial charge is 0.241 e. The lowest BCUT2D eigenvalue weighted by atomic mass is 10.0. The summed E-state index contributed by atoms with van der Waals surface area (Å²) in [5.41, 5.74) is 2.30. The molecule has 0 amide bonds. The van der Waals surface area contributed by atoms with E-state index in [0.717, 1.165) is 11.1 Å². The molecule has 1 aromatic rings. The Bertz CT molecular complexity index is 799. The van der Waals surface area contributed by atoms with Crippen molar-refractivity contribution in [2.45, 2.75) is 51.5 Å². The normalized spacial score (nSPS) is 24.6. The van der Waals surface area contributed by atoms with Crippen LogP contribution in [0.1, 0.15) is 35.6 Å². The van der Waals surface area contributed by atoms with E-state index >= 15 is 0 Å². The lowest BCUT2D eigenvalue weighted by molar-refractivity contribution is 0.461. The van der Waals surface area contributed by atoms with Gasteiger partial charge in [-0.3, -0.25) is 0 Å². The van der Waals surface area contributed by atoms with Crippen molar-refractivity contribution in [3.8, 4) is 0 Å². The van der Waals surface area contributed by atoms with Gasteiger partial charge in [-0.1, -0.05) is 6.07 Å². The number of benzene rings is 1. The van der Waals surface area contributed by atoms with Crippen LogP contribution in [0.15, 0.2) is 11.0 Å². The molecule has 0 aliphatic carbocycles. The highest BCUT2D eigenvalue weighted by Gasteiger charge is 2.42. The van der Waals surface area contributed by atoms with Crippen LogP contribution >= 0.6 is 0 Å². The highest BCUT2D eigenvalue weighted by molar-refractivity contribution is 7.92. The molecule has 1 fully saturated rings. The smallest absolute Gasteiger partial charge is 0.229 e. The molecule has 1 saturated heterocycles. The number of nitrogens with one attached hydrogen (secondary N) is 1. The predicted octanol–water partition coefficient (Wildman–Crippen LogP) is 1.78. The molecule has 1 heterocycles. The molecule has 0 aromatic heterocycles. The second-order valence-electron chi connectivity index (χ2n) is 6.60. The number of sulfone groups is 1. The minimum absolute atomic E-state index is 0.0246. The van der Waals surface area contributed by atoms with Gasteiger partial charge < -0.3 is 0 Å². The van der Waals surface area contributed by atoms with Crippen LogP contribution in [0.5, 0.6) is 0 Å². The molecule has 1 N–H and O–H groups in total. The molecule has 1 aromatic carbocycles. The summed E-state index contributed by atoms with van der Waals surface area (Å²) < 4.78 is 51.7. The Morgan fingerprint density at radius 1 is 1.09 bits per heavy atom. The first-order chi connectivity index (χ1) is 9.87. The van der Waals surface area contributed by atoms with Crippen molar-refractivity contribution in [1.29, 1.82) is 0 Å². The van der Waals surface area contributed by atoms with Gasteiger partial charge >= 0.3 is 0 Å². The van der Waals surface area contributed by atoms with Gasteiger partial charge in [-0.25, -0.2) is 21.6 Å².